The second kappa shape index (κ2) is 9.44. The van der Waals surface area contributed by atoms with E-state index in [0.717, 1.165) is 13.0 Å². The van der Waals surface area contributed by atoms with Crippen molar-refractivity contribution in [3.05, 3.63) is 0 Å². The van der Waals surface area contributed by atoms with Crippen LogP contribution in [0.5, 0.6) is 0 Å². The lowest BCUT2D eigenvalue weighted by atomic mass is 10.2. The molecule has 2 unspecified atom stereocenters. The van der Waals surface area contributed by atoms with Crippen molar-refractivity contribution in [2.45, 2.75) is 51.9 Å². The number of methoxy groups -OCH3 is 2. The van der Waals surface area contributed by atoms with Crippen LogP contribution >= 0.6 is 0 Å². The van der Waals surface area contributed by atoms with Gasteiger partial charge in [-0.1, -0.05) is 26.2 Å². The number of rotatable bonds is 9. The summed E-state index contributed by atoms with van der Waals surface area (Å²) in [6.45, 7) is 4.90. The van der Waals surface area contributed by atoms with E-state index in [2.05, 4.69) is 6.92 Å². The van der Waals surface area contributed by atoms with Crippen molar-refractivity contribution in [2.24, 2.45) is 0 Å². The number of unbranched alkanes of at least 4 members (excludes halogenated alkanes) is 3. The summed E-state index contributed by atoms with van der Waals surface area (Å²) in [5.41, 5.74) is 0. The average Bonchev–Trinajstić information content (AvgIpc) is 2.22. The van der Waals surface area contributed by atoms with Gasteiger partial charge in [0.2, 0.25) is 0 Å². The van der Waals surface area contributed by atoms with E-state index >= 15 is 0 Å². The standard InChI is InChI=1S/C11H24O3/c1-5-6-7-8-9-14-11(13-4)10(2)12-3/h10-11H,5-9H2,1-4H3. The molecule has 0 fully saturated rings. The molecule has 3 nitrogen and oxygen atoms in total. The fourth-order valence-corrected chi connectivity index (χ4v) is 1.23. The summed E-state index contributed by atoms with van der Waals surface area (Å²) < 4.78 is 15.8. The molecule has 0 heterocycles. The Hall–Kier alpha value is -0.120. The van der Waals surface area contributed by atoms with Gasteiger partial charge >= 0.3 is 0 Å². The predicted molar refractivity (Wildman–Crippen MR) is 57.4 cm³/mol. The maximum atomic E-state index is 5.54. The number of hydrogen-bond acceptors (Lipinski definition) is 3. The van der Waals surface area contributed by atoms with Crippen LogP contribution in [0, 0.1) is 0 Å². The molecule has 0 aliphatic rings. The molecule has 14 heavy (non-hydrogen) atoms. The number of ether oxygens (including phenoxy) is 3. The van der Waals surface area contributed by atoms with Crippen molar-refractivity contribution in [1.82, 2.24) is 0 Å². The van der Waals surface area contributed by atoms with Crippen molar-refractivity contribution in [2.75, 3.05) is 20.8 Å². The Morgan fingerprint density at radius 1 is 1.00 bits per heavy atom. The minimum absolute atomic E-state index is 0.00817. The lowest BCUT2D eigenvalue weighted by Crippen LogP contribution is -2.30. The maximum absolute atomic E-state index is 5.54. The van der Waals surface area contributed by atoms with Gasteiger partial charge < -0.3 is 14.2 Å². The second-order valence-electron chi connectivity index (χ2n) is 3.48. The third kappa shape index (κ3) is 6.35. The highest BCUT2D eigenvalue weighted by atomic mass is 16.7. The molecule has 0 aromatic rings. The molecule has 0 amide bonds. The van der Waals surface area contributed by atoms with Gasteiger partial charge in [0.25, 0.3) is 0 Å². The Balaban J connectivity index is 3.42. The molecule has 0 radical (unpaired) electrons. The van der Waals surface area contributed by atoms with E-state index in [4.69, 9.17) is 14.2 Å². The van der Waals surface area contributed by atoms with Gasteiger partial charge in [-0.05, 0) is 13.3 Å². The normalized spacial score (nSPS) is 15.4. The first-order chi connectivity index (χ1) is 6.76. The van der Waals surface area contributed by atoms with Crippen LogP contribution in [0.4, 0.5) is 0 Å². The van der Waals surface area contributed by atoms with E-state index in [1.165, 1.54) is 19.3 Å². The Bertz CT molecular complexity index is 117. The molecule has 0 aromatic heterocycles. The monoisotopic (exact) mass is 204 g/mol. The van der Waals surface area contributed by atoms with Gasteiger partial charge in [0.15, 0.2) is 6.29 Å². The molecule has 0 aliphatic carbocycles. The highest BCUT2D eigenvalue weighted by Gasteiger charge is 2.15. The van der Waals surface area contributed by atoms with Crippen molar-refractivity contribution in [3.63, 3.8) is 0 Å². The lowest BCUT2D eigenvalue weighted by Gasteiger charge is -2.21. The minimum atomic E-state index is -0.235. The minimum Gasteiger partial charge on any atom is -0.376 e. The quantitative estimate of drug-likeness (QED) is 0.427. The van der Waals surface area contributed by atoms with Crippen molar-refractivity contribution in [3.8, 4) is 0 Å². The SMILES string of the molecule is CCCCCCOC(OC)C(C)OC. The summed E-state index contributed by atoms with van der Waals surface area (Å²) in [4.78, 5) is 0. The first-order valence-electron chi connectivity index (χ1n) is 5.43. The molecule has 0 aliphatic heterocycles. The van der Waals surface area contributed by atoms with E-state index in [9.17, 15) is 0 Å². The summed E-state index contributed by atoms with van der Waals surface area (Å²) >= 11 is 0. The van der Waals surface area contributed by atoms with Crippen LogP contribution < -0.4 is 0 Å². The van der Waals surface area contributed by atoms with Gasteiger partial charge in [0, 0.05) is 20.8 Å². The maximum Gasteiger partial charge on any atom is 0.183 e. The molecular weight excluding hydrogens is 180 g/mol. The van der Waals surface area contributed by atoms with Crippen LogP contribution in [-0.2, 0) is 14.2 Å². The Morgan fingerprint density at radius 2 is 1.71 bits per heavy atom. The van der Waals surface area contributed by atoms with Crippen LogP contribution in [0.2, 0.25) is 0 Å². The fourth-order valence-electron chi connectivity index (χ4n) is 1.23. The lowest BCUT2D eigenvalue weighted by molar-refractivity contribution is -0.182. The zero-order valence-electron chi connectivity index (χ0n) is 9.91. The first kappa shape index (κ1) is 13.9. The van der Waals surface area contributed by atoms with E-state index in [1.54, 1.807) is 14.2 Å². The molecular formula is C11H24O3. The van der Waals surface area contributed by atoms with E-state index < -0.39 is 0 Å². The van der Waals surface area contributed by atoms with Gasteiger partial charge in [-0.25, -0.2) is 0 Å². The predicted octanol–water partition coefficient (Wildman–Crippen LogP) is 2.59. The Kier molecular flexibility index (Phi) is 9.35. The second-order valence-corrected chi connectivity index (χ2v) is 3.48. The van der Waals surface area contributed by atoms with E-state index in [1.807, 2.05) is 6.92 Å². The van der Waals surface area contributed by atoms with Gasteiger partial charge in [-0.2, -0.15) is 0 Å². The molecule has 0 N–H and O–H groups in total. The number of hydrogen-bond donors (Lipinski definition) is 0. The summed E-state index contributed by atoms with van der Waals surface area (Å²) in [6.07, 6.45) is 4.62. The van der Waals surface area contributed by atoms with Crippen LogP contribution in [0.25, 0.3) is 0 Å². The van der Waals surface area contributed by atoms with Crippen molar-refractivity contribution in [1.29, 1.82) is 0 Å². The first-order valence-corrected chi connectivity index (χ1v) is 5.43. The summed E-state index contributed by atoms with van der Waals surface area (Å²) in [5, 5.41) is 0. The highest BCUT2D eigenvalue weighted by molar-refractivity contribution is 4.54. The van der Waals surface area contributed by atoms with E-state index in [0.29, 0.717) is 0 Å². The Labute approximate surface area is 87.7 Å². The van der Waals surface area contributed by atoms with Crippen LogP contribution in [0.3, 0.4) is 0 Å². The third-order valence-electron chi connectivity index (χ3n) is 2.27. The largest absolute Gasteiger partial charge is 0.376 e. The van der Waals surface area contributed by atoms with Crippen LogP contribution in [0.15, 0.2) is 0 Å². The molecule has 0 saturated carbocycles. The summed E-state index contributed by atoms with van der Waals surface area (Å²) in [5.74, 6) is 0. The van der Waals surface area contributed by atoms with E-state index in [-0.39, 0.29) is 12.4 Å². The fraction of sp³-hybridized carbons (Fsp3) is 1.00. The average molecular weight is 204 g/mol. The molecule has 0 saturated heterocycles. The topological polar surface area (TPSA) is 27.7 Å². The highest BCUT2D eigenvalue weighted by Crippen LogP contribution is 2.06. The Morgan fingerprint density at radius 3 is 2.21 bits per heavy atom. The zero-order chi connectivity index (χ0) is 10.8. The van der Waals surface area contributed by atoms with Gasteiger partial charge in [-0.15, -0.1) is 0 Å². The molecule has 0 rings (SSSR count). The molecule has 3 heteroatoms. The van der Waals surface area contributed by atoms with Crippen LogP contribution in [0.1, 0.15) is 39.5 Å². The molecule has 2 atom stereocenters. The summed E-state index contributed by atoms with van der Waals surface area (Å²) in [7, 11) is 3.31. The van der Waals surface area contributed by atoms with Gasteiger partial charge in [0.05, 0.1) is 0 Å². The smallest absolute Gasteiger partial charge is 0.183 e. The molecule has 86 valence electrons. The van der Waals surface area contributed by atoms with Crippen molar-refractivity contribution >= 4 is 0 Å². The molecule has 0 bridgehead atoms. The van der Waals surface area contributed by atoms with Gasteiger partial charge in [-0.3, -0.25) is 0 Å². The van der Waals surface area contributed by atoms with Gasteiger partial charge in [0.1, 0.15) is 6.10 Å². The summed E-state index contributed by atoms with van der Waals surface area (Å²) in [6, 6.07) is 0. The third-order valence-corrected chi connectivity index (χ3v) is 2.27. The molecule has 0 spiro atoms. The zero-order valence-corrected chi connectivity index (χ0v) is 9.91. The molecule has 0 aromatic carbocycles. The van der Waals surface area contributed by atoms with Crippen LogP contribution in [-0.4, -0.2) is 33.2 Å². The van der Waals surface area contributed by atoms with Crippen molar-refractivity contribution < 1.29 is 14.2 Å².